The highest BCUT2D eigenvalue weighted by Gasteiger charge is 2.20. The summed E-state index contributed by atoms with van der Waals surface area (Å²) in [6, 6.07) is 2.84. The maximum absolute atomic E-state index is 13.4. The van der Waals surface area contributed by atoms with Gasteiger partial charge in [0.25, 0.3) is 10.0 Å². The highest BCUT2D eigenvalue weighted by molar-refractivity contribution is 7.92. The molecular formula is C11H8F3N3O2S. The van der Waals surface area contributed by atoms with E-state index in [2.05, 4.69) is 4.98 Å². The number of hydrogen-bond donors (Lipinski definition) is 2. The first kappa shape index (κ1) is 14.1. The number of nitrogens with two attached hydrogens (primary N) is 1. The van der Waals surface area contributed by atoms with Crippen LogP contribution in [0.3, 0.4) is 0 Å². The van der Waals surface area contributed by atoms with Gasteiger partial charge in [0.2, 0.25) is 0 Å². The Bertz CT molecular complexity index is 742. The molecule has 106 valence electrons. The fraction of sp³-hybridized carbons (Fsp3) is 0. The van der Waals surface area contributed by atoms with Crippen molar-refractivity contribution in [1.82, 2.24) is 4.98 Å². The van der Waals surface area contributed by atoms with Crippen molar-refractivity contribution >= 4 is 21.5 Å². The molecule has 5 nitrogen and oxygen atoms in total. The van der Waals surface area contributed by atoms with E-state index < -0.39 is 33.2 Å². The Morgan fingerprint density at radius 1 is 1.10 bits per heavy atom. The average Bonchev–Trinajstić information content (AvgIpc) is 2.34. The molecule has 0 spiro atoms. The summed E-state index contributed by atoms with van der Waals surface area (Å²) in [7, 11) is -4.27. The summed E-state index contributed by atoms with van der Waals surface area (Å²) >= 11 is 0. The smallest absolute Gasteiger partial charge is 0.262 e. The molecule has 20 heavy (non-hydrogen) atoms. The minimum Gasteiger partial charge on any atom is -0.384 e. The van der Waals surface area contributed by atoms with Gasteiger partial charge in [0.15, 0.2) is 11.6 Å². The van der Waals surface area contributed by atoms with Crippen molar-refractivity contribution in [2.75, 3.05) is 10.5 Å². The van der Waals surface area contributed by atoms with E-state index in [0.717, 1.165) is 18.3 Å². The van der Waals surface area contributed by atoms with Crippen LogP contribution in [-0.2, 0) is 10.0 Å². The molecule has 0 saturated heterocycles. The number of hydrogen-bond acceptors (Lipinski definition) is 4. The Morgan fingerprint density at radius 3 is 2.25 bits per heavy atom. The highest BCUT2D eigenvalue weighted by Crippen LogP contribution is 2.23. The number of nitrogens with zero attached hydrogens (tertiary/aromatic N) is 1. The first-order chi connectivity index (χ1) is 9.29. The van der Waals surface area contributed by atoms with E-state index in [1.807, 2.05) is 0 Å². The van der Waals surface area contributed by atoms with E-state index in [1.165, 1.54) is 0 Å². The van der Waals surface area contributed by atoms with Gasteiger partial charge < -0.3 is 5.73 Å². The standard InChI is InChI=1S/C11H8F3N3O2S/c12-6-3-8(13)11(9(14)4-6)17-20(18,19)7-1-2-16-10(15)5-7/h1-5,17H,(H2,15,16). The van der Waals surface area contributed by atoms with Gasteiger partial charge >= 0.3 is 0 Å². The molecule has 3 N–H and O–H groups in total. The molecule has 0 atom stereocenters. The van der Waals surface area contributed by atoms with Crippen LogP contribution in [0.1, 0.15) is 0 Å². The van der Waals surface area contributed by atoms with E-state index >= 15 is 0 Å². The lowest BCUT2D eigenvalue weighted by molar-refractivity contribution is 0.547. The van der Waals surface area contributed by atoms with Crippen LogP contribution in [0.4, 0.5) is 24.7 Å². The van der Waals surface area contributed by atoms with Crippen LogP contribution in [0.25, 0.3) is 0 Å². The van der Waals surface area contributed by atoms with Gasteiger partial charge in [-0.2, -0.15) is 0 Å². The summed E-state index contributed by atoms with van der Waals surface area (Å²) in [6.07, 6.45) is 1.13. The van der Waals surface area contributed by atoms with Crippen molar-refractivity contribution in [2.24, 2.45) is 0 Å². The van der Waals surface area contributed by atoms with Crippen molar-refractivity contribution in [1.29, 1.82) is 0 Å². The Hall–Kier alpha value is -2.29. The largest absolute Gasteiger partial charge is 0.384 e. The minimum absolute atomic E-state index is 0.0760. The quantitative estimate of drug-likeness (QED) is 0.906. The Kier molecular flexibility index (Phi) is 3.53. The summed E-state index contributed by atoms with van der Waals surface area (Å²) in [4.78, 5) is 3.27. The van der Waals surface area contributed by atoms with Crippen molar-refractivity contribution < 1.29 is 21.6 Å². The van der Waals surface area contributed by atoms with Gasteiger partial charge in [0.1, 0.15) is 17.3 Å². The average molecular weight is 303 g/mol. The first-order valence-corrected chi connectivity index (χ1v) is 6.67. The van der Waals surface area contributed by atoms with Gasteiger partial charge in [-0.25, -0.2) is 26.6 Å². The molecule has 0 amide bonds. The fourth-order valence-corrected chi connectivity index (χ4v) is 2.53. The molecule has 2 aromatic rings. The Balaban J connectivity index is 2.44. The third kappa shape index (κ3) is 2.82. The number of anilines is 2. The van der Waals surface area contributed by atoms with E-state index in [4.69, 9.17) is 5.73 Å². The van der Waals surface area contributed by atoms with Crippen molar-refractivity contribution in [3.63, 3.8) is 0 Å². The molecule has 0 radical (unpaired) electrons. The summed E-state index contributed by atoms with van der Waals surface area (Å²) in [6.45, 7) is 0. The monoisotopic (exact) mass is 303 g/mol. The lowest BCUT2D eigenvalue weighted by atomic mass is 10.3. The number of pyridine rings is 1. The zero-order valence-electron chi connectivity index (χ0n) is 9.77. The first-order valence-electron chi connectivity index (χ1n) is 5.18. The molecule has 1 aromatic carbocycles. The Morgan fingerprint density at radius 2 is 1.70 bits per heavy atom. The molecule has 1 aromatic heterocycles. The maximum atomic E-state index is 13.4. The van der Waals surface area contributed by atoms with Crippen molar-refractivity contribution in [2.45, 2.75) is 4.90 Å². The molecule has 0 aliphatic heterocycles. The van der Waals surface area contributed by atoms with Gasteiger partial charge in [0, 0.05) is 24.4 Å². The molecular weight excluding hydrogens is 295 g/mol. The lowest BCUT2D eigenvalue weighted by Crippen LogP contribution is -2.15. The van der Waals surface area contributed by atoms with E-state index in [1.54, 1.807) is 4.72 Å². The second kappa shape index (κ2) is 5.00. The molecule has 1 heterocycles. The predicted octanol–water partition coefficient (Wildman–Crippen LogP) is 1.88. The number of nitrogen functional groups attached to an aromatic ring is 1. The zero-order valence-corrected chi connectivity index (χ0v) is 10.6. The fourth-order valence-electron chi connectivity index (χ4n) is 1.43. The third-order valence-electron chi connectivity index (χ3n) is 2.31. The topological polar surface area (TPSA) is 85.1 Å². The van der Waals surface area contributed by atoms with Crippen LogP contribution >= 0.6 is 0 Å². The molecule has 0 aliphatic carbocycles. The number of sulfonamides is 1. The summed E-state index contributed by atoms with van der Waals surface area (Å²) < 4.78 is 65.1. The van der Waals surface area contributed by atoms with Crippen LogP contribution in [-0.4, -0.2) is 13.4 Å². The summed E-state index contributed by atoms with van der Waals surface area (Å²) in [5.74, 6) is -3.97. The van der Waals surface area contributed by atoms with Crippen molar-refractivity contribution in [3.05, 3.63) is 47.9 Å². The van der Waals surface area contributed by atoms with Gasteiger partial charge in [-0.1, -0.05) is 0 Å². The molecule has 0 fully saturated rings. The zero-order chi connectivity index (χ0) is 14.9. The van der Waals surface area contributed by atoms with Gasteiger partial charge in [-0.05, 0) is 6.07 Å². The van der Waals surface area contributed by atoms with Crippen LogP contribution in [0, 0.1) is 17.5 Å². The number of nitrogens with one attached hydrogen (secondary N) is 1. The minimum atomic E-state index is -4.27. The molecule has 0 bridgehead atoms. The SMILES string of the molecule is Nc1cc(S(=O)(=O)Nc2c(F)cc(F)cc2F)ccn1. The predicted molar refractivity (Wildman–Crippen MR) is 65.8 cm³/mol. The number of halogens is 3. The highest BCUT2D eigenvalue weighted by atomic mass is 32.2. The second-order valence-electron chi connectivity index (χ2n) is 3.77. The second-order valence-corrected chi connectivity index (χ2v) is 5.45. The normalized spacial score (nSPS) is 11.3. The van der Waals surface area contributed by atoms with Crippen LogP contribution in [0.5, 0.6) is 0 Å². The number of aromatic nitrogens is 1. The van der Waals surface area contributed by atoms with Crippen LogP contribution < -0.4 is 10.5 Å². The molecule has 0 aliphatic rings. The van der Waals surface area contributed by atoms with E-state index in [-0.39, 0.29) is 10.7 Å². The van der Waals surface area contributed by atoms with Crippen molar-refractivity contribution in [3.8, 4) is 0 Å². The van der Waals surface area contributed by atoms with Gasteiger partial charge in [-0.3, -0.25) is 4.72 Å². The van der Waals surface area contributed by atoms with E-state index in [9.17, 15) is 21.6 Å². The lowest BCUT2D eigenvalue weighted by Gasteiger charge is -2.10. The Labute approximate surface area is 112 Å². The summed E-state index contributed by atoms with van der Waals surface area (Å²) in [5.41, 5.74) is 4.36. The maximum Gasteiger partial charge on any atom is 0.262 e. The summed E-state index contributed by atoms with van der Waals surface area (Å²) in [5, 5.41) is 0. The van der Waals surface area contributed by atoms with Gasteiger partial charge in [0.05, 0.1) is 4.90 Å². The van der Waals surface area contributed by atoms with Crippen LogP contribution in [0.15, 0.2) is 35.4 Å². The van der Waals surface area contributed by atoms with E-state index in [0.29, 0.717) is 12.1 Å². The third-order valence-corrected chi connectivity index (χ3v) is 3.65. The van der Waals surface area contributed by atoms with Gasteiger partial charge in [-0.15, -0.1) is 0 Å². The molecule has 2 rings (SSSR count). The molecule has 9 heteroatoms. The number of rotatable bonds is 3. The number of benzene rings is 1. The van der Waals surface area contributed by atoms with Crippen LogP contribution in [0.2, 0.25) is 0 Å². The molecule has 0 saturated carbocycles. The molecule has 0 unspecified atom stereocenters.